The van der Waals surface area contributed by atoms with Gasteiger partial charge in [0.1, 0.15) is 10.4 Å². The molecule has 148 valence electrons. The van der Waals surface area contributed by atoms with Crippen LogP contribution in [0.4, 0.5) is 0 Å². The van der Waals surface area contributed by atoms with Crippen molar-refractivity contribution in [1.82, 2.24) is 4.98 Å². The number of hydrogen-bond donors (Lipinski definition) is 0. The lowest BCUT2D eigenvalue weighted by molar-refractivity contribution is 0.485. The van der Waals surface area contributed by atoms with Gasteiger partial charge in [0.05, 0.1) is 15.6 Å². The third-order valence-electron chi connectivity index (χ3n) is 4.18. The van der Waals surface area contributed by atoms with E-state index in [9.17, 15) is 8.42 Å². The molecule has 0 N–H and O–H groups in total. The van der Waals surface area contributed by atoms with E-state index in [2.05, 4.69) is 4.98 Å². The maximum Gasteiger partial charge on any atom is 0.340 e. The second-order valence-electron chi connectivity index (χ2n) is 6.17. The van der Waals surface area contributed by atoms with Crippen LogP contribution in [0, 0.1) is 6.92 Å². The van der Waals surface area contributed by atoms with Crippen LogP contribution in [0.5, 0.6) is 5.75 Å². The fraction of sp³-hybridized carbons (Fsp3) is 0.0500. The molecule has 0 bridgehead atoms. The topological polar surface area (TPSA) is 69.4 Å². The average molecular weight is 469 g/mol. The summed E-state index contributed by atoms with van der Waals surface area (Å²) in [5.41, 5.74) is 2.49. The van der Waals surface area contributed by atoms with Gasteiger partial charge in [-0.25, -0.2) is 4.98 Å². The number of aryl methyl sites for hydroxylation is 1. The molecule has 0 aliphatic rings. The molecule has 0 unspecified atom stereocenters. The Kier molecular flexibility index (Phi) is 5.21. The Balaban J connectivity index is 1.83. The Hall–Kier alpha value is -2.25. The van der Waals surface area contributed by atoms with Gasteiger partial charge in [-0.1, -0.05) is 53.0 Å². The van der Waals surface area contributed by atoms with Gasteiger partial charge in [-0.2, -0.15) is 8.42 Å². The van der Waals surface area contributed by atoms with Crippen LogP contribution < -0.4 is 4.18 Å². The monoisotopic (exact) mass is 467 g/mol. The van der Waals surface area contributed by atoms with Crippen LogP contribution in [0.3, 0.4) is 0 Å². The lowest BCUT2D eigenvalue weighted by Crippen LogP contribution is -2.11. The highest BCUT2D eigenvalue weighted by atomic mass is 35.5. The standard InChI is InChI=1S/C20H12Cl3NO4S/c1-11-4-2-6-15-19(11)24-20(27-15)13-9-8-12(21)10-16(13)28-29(25,26)17-7-3-5-14(22)18(17)23/h2-10H,1H3. The van der Waals surface area contributed by atoms with Crippen LogP contribution in [-0.4, -0.2) is 13.4 Å². The fourth-order valence-corrected chi connectivity index (χ4v) is 4.62. The van der Waals surface area contributed by atoms with Crippen LogP contribution in [0.15, 0.2) is 63.9 Å². The lowest BCUT2D eigenvalue weighted by atomic mass is 10.2. The molecule has 0 radical (unpaired) electrons. The first kappa shape index (κ1) is 20.0. The molecule has 0 aliphatic heterocycles. The number of fused-ring (bicyclic) bond motifs is 1. The quantitative estimate of drug-likeness (QED) is 0.318. The molecule has 0 aliphatic carbocycles. The van der Waals surface area contributed by atoms with Crippen LogP contribution >= 0.6 is 34.8 Å². The van der Waals surface area contributed by atoms with Gasteiger partial charge in [-0.05, 0) is 42.8 Å². The first-order valence-corrected chi connectivity index (χ1v) is 10.8. The Bertz CT molecular complexity index is 1350. The average Bonchev–Trinajstić information content (AvgIpc) is 3.09. The van der Waals surface area contributed by atoms with E-state index in [1.807, 2.05) is 19.1 Å². The van der Waals surface area contributed by atoms with Gasteiger partial charge in [0, 0.05) is 11.1 Å². The first-order valence-electron chi connectivity index (χ1n) is 8.31. The van der Waals surface area contributed by atoms with Gasteiger partial charge in [0.25, 0.3) is 0 Å². The minimum absolute atomic E-state index is 0.0437. The molecule has 0 atom stereocenters. The third kappa shape index (κ3) is 3.81. The molecule has 4 aromatic rings. The van der Waals surface area contributed by atoms with Gasteiger partial charge in [-0.15, -0.1) is 0 Å². The molecule has 5 nitrogen and oxygen atoms in total. The van der Waals surface area contributed by atoms with Gasteiger partial charge in [-0.3, -0.25) is 0 Å². The molecule has 4 rings (SSSR count). The van der Waals surface area contributed by atoms with Gasteiger partial charge < -0.3 is 8.60 Å². The molecule has 1 heterocycles. The Morgan fingerprint density at radius 2 is 1.76 bits per heavy atom. The number of benzene rings is 3. The second-order valence-corrected chi connectivity index (χ2v) is 8.91. The molecular formula is C20H12Cl3NO4S. The SMILES string of the molecule is Cc1cccc2oc(-c3ccc(Cl)cc3OS(=O)(=O)c3cccc(Cl)c3Cl)nc12. The van der Waals surface area contributed by atoms with Crippen molar-refractivity contribution in [1.29, 1.82) is 0 Å². The zero-order chi connectivity index (χ0) is 20.8. The van der Waals surface area contributed by atoms with Crippen molar-refractivity contribution in [2.24, 2.45) is 0 Å². The molecule has 1 aromatic heterocycles. The fourth-order valence-electron chi connectivity index (χ4n) is 2.78. The molecule has 0 fully saturated rings. The molecule has 29 heavy (non-hydrogen) atoms. The third-order valence-corrected chi connectivity index (χ3v) is 6.62. The van der Waals surface area contributed by atoms with Gasteiger partial charge in [0.15, 0.2) is 11.3 Å². The van der Waals surface area contributed by atoms with E-state index in [-0.39, 0.29) is 31.6 Å². The molecule has 0 saturated heterocycles. The van der Waals surface area contributed by atoms with E-state index in [1.165, 1.54) is 24.3 Å². The summed E-state index contributed by atoms with van der Waals surface area (Å²) < 4.78 is 36.8. The van der Waals surface area contributed by atoms with Gasteiger partial charge in [0.2, 0.25) is 5.89 Å². The predicted molar refractivity (Wildman–Crippen MR) is 113 cm³/mol. The van der Waals surface area contributed by atoms with E-state index in [4.69, 9.17) is 43.4 Å². The number of aromatic nitrogens is 1. The summed E-state index contributed by atoms with van der Waals surface area (Å²) in [6, 6.07) is 14.3. The van der Waals surface area contributed by atoms with Crippen molar-refractivity contribution in [3.05, 3.63) is 75.2 Å². The largest absolute Gasteiger partial charge is 0.436 e. The van der Waals surface area contributed by atoms with Crippen LogP contribution in [0.2, 0.25) is 15.1 Å². The molecule has 0 spiro atoms. The number of rotatable bonds is 4. The smallest absolute Gasteiger partial charge is 0.340 e. The summed E-state index contributed by atoms with van der Waals surface area (Å²) >= 11 is 18.1. The molecule has 0 saturated carbocycles. The van der Waals surface area contributed by atoms with Crippen molar-refractivity contribution in [3.63, 3.8) is 0 Å². The summed E-state index contributed by atoms with van der Waals surface area (Å²) in [5.74, 6) is 0.158. The molecule has 0 amide bonds. The summed E-state index contributed by atoms with van der Waals surface area (Å²) in [6.07, 6.45) is 0. The number of para-hydroxylation sites is 1. The number of halogens is 3. The van der Waals surface area contributed by atoms with E-state index >= 15 is 0 Å². The summed E-state index contributed by atoms with van der Waals surface area (Å²) in [5, 5.41) is 0.246. The van der Waals surface area contributed by atoms with Gasteiger partial charge >= 0.3 is 10.1 Å². The van der Waals surface area contributed by atoms with Crippen LogP contribution in [-0.2, 0) is 10.1 Å². The summed E-state index contributed by atoms with van der Waals surface area (Å²) in [7, 11) is -4.30. The Labute approximate surface area is 181 Å². The normalized spacial score (nSPS) is 11.7. The lowest BCUT2D eigenvalue weighted by Gasteiger charge is -2.11. The Morgan fingerprint density at radius 3 is 2.52 bits per heavy atom. The molecule has 3 aromatic carbocycles. The Morgan fingerprint density at radius 1 is 1.00 bits per heavy atom. The zero-order valence-corrected chi connectivity index (χ0v) is 17.9. The summed E-state index contributed by atoms with van der Waals surface area (Å²) in [4.78, 5) is 4.22. The van der Waals surface area contributed by atoms with Crippen molar-refractivity contribution in [3.8, 4) is 17.2 Å². The summed E-state index contributed by atoms with van der Waals surface area (Å²) in [6.45, 7) is 1.90. The highest BCUT2D eigenvalue weighted by molar-refractivity contribution is 7.87. The highest BCUT2D eigenvalue weighted by Crippen LogP contribution is 2.37. The van der Waals surface area contributed by atoms with E-state index < -0.39 is 10.1 Å². The highest BCUT2D eigenvalue weighted by Gasteiger charge is 2.25. The number of oxazole rings is 1. The first-order chi connectivity index (χ1) is 13.8. The van der Waals surface area contributed by atoms with Crippen LogP contribution in [0.1, 0.15) is 5.56 Å². The van der Waals surface area contributed by atoms with E-state index in [0.29, 0.717) is 16.7 Å². The minimum Gasteiger partial charge on any atom is -0.436 e. The van der Waals surface area contributed by atoms with Crippen molar-refractivity contribution in [2.45, 2.75) is 11.8 Å². The predicted octanol–water partition coefficient (Wildman–Crippen LogP) is 6.53. The van der Waals surface area contributed by atoms with Crippen LogP contribution in [0.25, 0.3) is 22.6 Å². The van der Waals surface area contributed by atoms with Crippen molar-refractivity contribution >= 4 is 56.0 Å². The maximum atomic E-state index is 12.8. The van der Waals surface area contributed by atoms with Crippen molar-refractivity contribution < 1.29 is 17.0 Å². The van der Waals surface area contributed by atoms with E-state index in [1.54, 1.807) is 18.2 Å². The molecular weight excluding hydrogens is 457 g/mol. The maximum absolute atomic E-state index is 12.8. The number of nitrogens with zero attached hydrogens (tertiary/aromatic N) is 1. The van der Waals surface area contributed by atoms with E-state index in [0.717, 1.165) is 5.56 Å². The minimum atomic E-state index is -4.30. The zero-order valence-electron chi connectivity index (χ0n) is 14.8. The van der Waals surface area contributed by atoms with Crippen molar-refractivity contribution in [2.75, 3.05) is 0 Å². The second kappa shape index (κ2) is 7.54. The number of hydrogen-bond acceptors (Lipinski definition) is 5. The molecule has 9 heteroatoms.